The number of carbonyl (C=O) groups is 2. The fourth-order valence-corrected chi connectivity index (χ4v) is 8.18. The van der Waals surface area contributed by atoms with Gasteiger partial charge < -0.3 is 9.47 Å². The van der Waals surface area contributed by atoms with Crippen LogP contribution in [0.1, 0.15) is 34.6 Å². The molecular formula is C36H26O4S2. The Kier molecular flexibility index (Phi) is 6.73. The predicted molar refractivity (Wildman–Crippen MR) is 175 cm³/mol. The first-order valence-corrected chi connectivity index (χ1v) is 15.6. The minimum atomic E-state index is -0.425. The predicted octanol–water partition coefficient (Wildman–Crippen LogP) is 10.1. The van der Waals surface area contributed by atoms with Crippen LogP contribution < -0.4 is 0 Å². The molecule has 0 N–H and O–H groups in total. The Morgan fingerprint density at radius 3 is 1.36 bits per heavy atom. The van der Waals surface area contributed by atoms with Gasteiger partial charge in [-0.3, -0.25) is 0 Å². The van der Waals surface area contributed by atoms with Crippen molar-refractivity contribution >= 4 is 75.0 Å². The molecular weight excluding hydrogens is 561 g/mol. The number of rotatable bonds is 6. The second kappa shape index (κ2) is 10.7. The number of esters is 2. The summed E-state index contributed by atoms with van der Waals surface area (Å²) in [6.07, 6.45) is 0. The van der Waals surface area contributed by atoms with Crippen molar-refractivity contribution in [3.8, 4) is 22.3 Å². The van der Waals surface area contributed by atoms with Crippen LogP contribution >= 0.6 is 22.7 Å². The first-order valence-electron chi connectivity index (χ1n) is 13.9. The summed E-state index contributed by atoms with van der Waals surface area (Å²) in [6.45, 7) is 4.09. The molecule has 206 valence electrons. The first kappa shape index (κ1) is 26.4. The van der Waals surface area contributed by atoms with Gasteiger partial charge in [-0.1, -0.05) is 72.8 Å². The number of benzene rings is 5. The molecule has 0 fully saturated rings. The Bertz CT molecular complexity index is 2010. The largest absolute Gasteiger partial charge is 0.462 e. The zero-order valence-corrected chi connectivity index (χ0v) is 24.7. The van der Waals surface area contributed by atoms with Gasteiger partial charge in [-0.05, 0) is 49.2 Å². The Morgan fingerprint density at radius 1 is 0.524 bits per heavy atom. The summed E-state index contributed by atoms with van der Waals surface area (Å²) in [7, 11) is 0. The molecule has 4 nitrogen and oxygen atoms in total. The highest BCUT2D eigenvalue weighted by atomic mass is 32.1. The van der Waals surface area contributed by atoms with E-state index in [0.717, 1.165) is 51.5 Å². The van der Waals surface area contributed by atoms with Crippen molar-refractivity contribution in [3.05, 3.63) is 108 Å². The van der Waals surface area contributed by atoms with E-state index in [9.17, 15) is 9.59 Å². The van der Waals surface area contributed by atoms with Crippen LogP contribution in [0, 0.1) is 0 Å². The Morgan fingerprint density at radius 2 is 0.929 bits per heavy atom. The van der Waals surface area contributed by atoms with E-state index in [1.807, 2.05) is 60.7 Å². The molecule has 2 aromatic heterocycles. The van der Waals surface area contributed by atoms with Gasteiger partial charge in [-0.15, -0.1) is 22.7 Å². The number of hydrogen-bond donors (Lipinski definition) is 0. The van der Waals surface area contributed by atoms with Crippen LogP contribution in [0.15, 0.2) is 97.1 Å². The molecule has 0 bridgehead atoms. The third-order valence-electron chi connectivity index (χ3n) is 7.54. The fourth-order valence-electron chi connectivity index (χ4n) is 5.72. The molecule has 0 unspecified atom stereocenters. The lowest BCUT2D eigenvalue weighted by Gasteiger charge is -2.17. The first-order chi connectivity index (χ1) is 20.6. The molecule has 7 aromatic rings. The van der Waals surface area contributed by atoms with Gasteiger partial charge in [0.15, 0.2) is 0 Å². The van der Waals surface area contributed by atoms with E-state index in [-0.39, 0.29) is 13.2 Å². The van der Waals surface area contributed by atoms with Gasteiger partial charge in [0.05, 0.1) is 24.3 Å². The standard InChI is InChI=1S/C36H26O4S2/c1-3-39-35(37)29-19-28(26-16-10-14-24-22-12-6-8-18-32(22)42-34(24)26)30(36(38)40-4-2)20-27(29)25-15-9-13-23-21-11-5-7-17-31(21)41-33(23)25/h5-20H,3-4H2,1-2H3. The zero-order valence-electron chi connectivity index (χ0n) is 23.1. The van der Waals surface area contributed by atoms with E-state index in [0.29, 0.717) is 22.3 Å². The number of carbonyl (C=O) groups excluding carboxylic acids is 2. The Balaban J connectivity index is 1.56. The minimum Gasteiger partial charge on any atom is -0.462 e. The summed E-state index contributed by atoms with van der Waals surface area (Å²) in [4.78, 5) is 27.2. The lowest BCUT2D eigenvalue weighted by atomic mass is 9.89. The van der Waals surface area contributed by atoms with Gasteiger partial charge in [-0.2, -0.15) is 0 Å². The van der Waals surface area contributed by atoms with Crippen LogP contribution in [-0.4, -0.2) is 25.2 Å². The molecule has 0 radical (unpaired) electrons. The highest BCUT2D eigenvalue weighted by Gasteiger charge is 2.25. The Hall–Kier alpha value is -4.52. The molecule has 0 aliphatic rings. The topological polar surface area (TPSA) is 52.6 Å². The number of fused-ring (bicyclic) bond motifs is 6. The molecule has 0 spiro atoms. The maximum absolute atomic E-state index is 13.6. The molecule has 7 rings (SSSR count). The third kappa shape index (κ3) is 4.26. The SMILES string of the molecule is CCOC(=O)c1cc(-c2cccc3c2sc2ccccc23)c(C(=O)OCC)cc1-c1cccc2c1sc1ccccc12. The quantitative estimate of drug-likeness (QED) is 0.182. The van der Waals surface area contributed by atoms with E-state index in [1.54, 1.807) is 36.5 Å². The van der Waals surface area contributed by atoms with Crippen LogP contribution in [0.2, 0.25) is 0 Å². The lowest BCUT2D eigenvalue weighted by molar-refractivity contribution is 0.0513. The van der Waals surface area contributed by atoms with Crippen molar-refractivity contribution < 1.29 is 19.1 Å². The molecule has 5 aromatic carbocycles. The molecule has 0 saturated carbocycles. The molecule has 42 heavy (non-hydrogen) atoms. The van der Waals surface area contributed by atoms with Crippen molar-refractivity contribution in [1.29, 1.82) is 0 Å². The highest BCUT2D eigenvalue weighted by Crippen LogP contribution is 2.45. The second-order valence-corrected chi connectivity index (χ2v) is 12.0. The average molecular weight is 587 g/mol. The van der Waals surface area contributed by atoms with Crippen LogP contribution in [0.5, 0.6) is 0 Å². The Labute approximate surface area is 250 Å². The van der Waals surface area contributed by atoms with E-state index >= 15 is 0 Å². The van der Waals surface area contributed by atoms with Crippen molar-refractivity contribution in [2.75, 3.05) is 13.2 Å². The van der Waals surface area contributed by atoms with Crippen LogP contribution in [-0.2, 0) is 9.47 Å². The highest BCUT2D eigenvalue weighted by molar-refractivity contribution is 7.26. The fraction of sp³-hybridized carbons (Fsp3) is 0.111. The number of ether oxygens (including phenoxy) is 2. The second-order valence-electron chi connectivity index (χ2n) is 9.95. The molecule has 0 amide bonds. The van der Waals surface area contributed by atoms with Crippen LogP contribution in [0.3, 0.4) is 0 Å². The van der Waals surface area contributed by atoms with Crippen molar-refractivity contribution in [2.45, 2.75) is 13.8 Å². The monoisotopic (exact) mass is 586 g/mol. The molecule has 2 heterocycles. The molecule has 0 aliphatic carbocycles. The van der Waals surface area contributed by atoms with Crippen molar-refractivity contribution in [3.63, 3.8) is 0 Å². The van der Waals surface area contributed by atoms with Crippen LogP contribution in [0.4, 0.5) is 0 Å². The molecule has 6 heteroatoms. The van der Waals surface area contributed by atoms with E-state index in [4.69, 9.17) is 9.47 Å². The van der Waals surface area contributed by atoms with Crippen molar-refractivity contribution in [2.24, 2.45) is 0 Å². The minimum absolute atomic E-state index is 0.242. The van der Waals surface area contributed by atoms with Crippen molar-refractivity contribution in [1.82, 2.24) is 0 Å². The van der Waals surface area contributed by atoms with Crippen LogP contribution in [0.25, 0.3) is 62.6 Å². The molecule has 0 saturated heterocycles. The summed E-state index contributed by atoms with van der Waals surface area (Å²) in [6, 6.07) is 32.5. The summed E-state index contributed by atoms with van der Waals surface area (Å²) in [5, 5.41) is 4.55. The average Bonchev–Trinajstić information content (AvgIpc) is 3.59. The maximum atomic E-state index is 13.6. The van der Waals surface area contributed by atoms with Gasteiger partial charge in [0, 0.05) is 51.5 Å². The van der Waals surface area contributed by atoms with E-state index < -0.39 is 11.9 Å². The zero-order chi connectivity index (χ0) is 28.8. The van der Waals surface area contributed by atoms with Gasteiger partial charge >= 0.3 is 11.9 Å². The molecule has 0 aliphatic heterocycles. The van der Waals surface area contributed by atoms with Gasteiger partial charge in [0.25, 0.3) is 0 Å². The summed E-state index contributed by atoms with van der Waals surface area (Å²) in [5.74, 6) is -0.850. The number of hydrogen-bond acceptors (Lipinski definition) is 6. The van der Waals surface area contributed by atoms with E-state index in [2.05, 4.69) is 36.4 Å². The van der Waals surface area contributed by atoms with E-state index in [1.165, 1.54) is 0 Å². The summed E-state index contributed by atoms with van der Waals surface area (Å²) in [5.41, 5.74) is 3.91. The smallest absolute Gasteiger partial charge is 0.338 e. The van der Waals surface area contributed by atoms with Gasteiger partial charge in [0.2, 0.25) is 0 Å². The normalized spacial score (nSPS) is 11.5. The van der Waals surface area contributed by atoms with Gasteiger partial charge in [-0.25, -0.2) is 9.59 Å². The third-order valence-corrected chi connectivity index (χ3v) is 9.98. The molecule has 0 atom stereocenters. The number of thiophene rings is 2. The summed E-state index contributed by atoms with van der Waals surface area (Å²) >= 11 is 3.36. The lowest BCUT2D eigenvalue weighted by Crippen LogP contribution is -2.12. The van der Waals surface area contributed by atoms with Gasteiger partial charge in [0.1, 0.15) is 0 Å². The maximum Gasteiger partial charge on any atom is 0.338 e. The summed E-state index contributed by atoms with van der Waals surface area (Å²) < 4.78 is 15.6.